The second-order valence-corrected chi connectivity index (χ2v) is 7.95. The predicted molar refractivity (Wildman–Crippen MR) is 106 cm³/mol. The van der Waals surface area contributed by atoms with Crippen LogP contribution in [0.1, 0.15) is 20.8 Å². The van der Waals surface area contributed by atoms with Gasteiger partial charge in [-0.25, -0.2) is 4.39 Å². The van der Waals surface area contributed by atoms with Crippen LogP contribution < -0.4 is 0 Å². The Balaban J connectivity index is 1.81. The maximum Gasteiger partial charge on any atom is 0.142 e. The molecule has 3 aromatic heterocycles. The zero-order valence-electron chi connectivity index (χ0n) is 15.6. The van der Waals surface area contributed by atoms with Crippen molar-refractivity contribution in [2.24, 2.45) is 5.41 Å². The van der Waals surface area contributed by atoms with Crippen molar-refractivity contribution < 1.29 is 4.39 Å². The maximum absolute atomic E-state index is 14.0. The average Bonchev–Trinajstić information content (AvgIpc) is 3.07. The summed E-state index contributed by atoms with van der Waals surface area (Å²) in [5, 5.41) is 5.50. The van der Waals surface area contributed by atoms with E-state index in [0.29, 0.717) is 0 Å². The first kappa shape index (κ1) is 17.3. The largest absolute Gasteiger partial charge is 0.272 e. The molecule has 0 N–H and O–H groups in total. The summed E-state index contributed by atoms with van der Waals surface area (Å²) in [6.45, 7) is 7.26. The Hall–Kier alpha value is -3.08. The quantitative estimate of drug-likeness (QED) is 0.495. The normalized spacial score (nSPS) is 11.9. The Morgan fingerprint density at radius 3 is 2.67 bits per heavy atom. The number of aromatic nitrogens is 4. The SMILES string of the molecule is CC(C)(C)Cn1cc(-c2cc(F)cnc2-c2ccc3cccnc3c2)cn1. The lowest BCUT2D eigenvalue weighted by Gasteiger charge is -2.17. The lowest BCUT2D eigenvalue weighted by molar-refractivity contribution is 0.325. The van der Waals surface area contributed by atoms with Crippen molar-refractivity contribution in [2.45, 2.75) is 27.3 Å². The Bertz CT molecular complexity index is 1110. The summed E-state index contributed by atoms with van der Waals surface area (Å²) in [5.41, 5.74) is 4.19. The van der Waals surface area contributed by atoms with Crippen LogP contribution in [0.2, 0.25) is 0 Å². The third-order valence-electron chi connectivity index (χ3n) is 4.31. The van der Waals surface area contributed by atoms with E-state index in [0.717, 1.165) is 39.8 Å². The first-order chi connectivity index (χ1) is 12.9. The van der Waals surface area contributed by atoms with Crippen LogP contribution in [0.4, 0.5) is 4.39 Å². The van der Waals surface area contributed by atoms with E-state index in [2.05, 4.69) is 35.8 Å². The molecule has 0 aliphatic heterocycles. The van der Waals surface area contributed by atoms with Gasteiger partial charge >= 0.3 is 0 Å². The number of nitrogens with zero attached hydrogens (tertiary/aromatic N) is 4. The minimum Gasteiger partial charge on any atom is -0.272 e. The van der Waals surface area contributed by atoms with Gasteiger partial charge in [-0.3, -0.25) is 14.6 Å². The number of pyridine rings is 2. The summed E-state index contributed by atoms with van der Waals surface area (Å²) in [4.78, 5) is 8.79. The Morgan fingerprint density at radius 1 is 1.00 bits per heavy atom. The second kappa shape index (κ2) is 6.58. The zero-order valence-corrected chi connectivity index (χ0v) is 15.6. The predicted octanol–water partition coefficient (Wildman–Crippen LogP) is 5.35. The molecule has 0 amide bonds. The van der Waals surface area contributed by atoms with Gasteiger partial charge in [0.1, 0.15) is 5.82 Å². The van der Waals surface area contributed by atoms with Gasteiger partial charge in [-0.05, 0) is 23.6 Å². The van der Waals surface area contributed by atoms with E-state index in [1.165, 1.54) is 12.3 Å². The van der Waals surface area contributed by atoms with Gasteiger partial charge in [-0.2, -0.15) is 5.10 Å². The summed E-state index contributed by atoms with van der Waals surface area (Å²) in [5.74, 6) is -0.365. The highest BCUT2D eigenvalue weighted by Crippen LogP contribution is 2.32. The molecule has 0 saturated heterocycles. The molecule has 4 nitrogen and oxygen atoms in total. The van der Waals surface area contributed by atoms with Crippen molar-refractivity contribution in [1.29, 1.82) is 0 Å². The fourth-order valence-corrected chi connectivity index (χ4v) is 3.18. The number of fused-ring (bicyclic) bond motifs is 1. The molecule has 0 saturated carbocycles. The molecule has 0 radical (unpaired) electrons. The molecule has 0 fully saturated rings. The lowest BCUT2D eigenvalue weighted by Crippen LogP contribution is -2.15. The first-order valence-electron chi connectivity index (χ1n) is 8.93. The van der Waals surface area contributed by atoms with Crippen molar-refractivity contribution in [1.82, 2.24) is 19.7 Å². The average molecular weight is 360 g/mol. The number of hydrogen-bond acceptors (Lipinski definition) is 3. The smallest absolute Gasteiger partial charge is 0.142 e. The molecule has 0 atom stereocenters. The zero-order chi connectivity index (χ0) is 19.0. The van der Waals surface area contributed by atoms with Gasteiger partial charge in [0.2, 0.25) is 0 Å². The molecule has 0 unspecified atom stereocenters. The van der Waals surface area contributed by atoms with E-state index >= 15 is 0 Å². The van der Waals surface area contributed by atoms with Crippen LogP contribution in [0, 0.1) is 11.2 Å². The maximum atomic E-state index is 14.0. The topological polar surface area (TPSA) is 43.6 Å². The molecule has 4 aromatic rings. The minimum atomic E-state index is -0.365. The monoisotopic (exact) mass is 360 g/mol. The Labute approximate surface area is 157 Å². The van der Waals surface area contributed by atoms with Gasteiger partial charge in [0.05, 0.1) is 23.6 Å². The van der Waals surface area contributed by atoms with Gasteiger partial charge < -0.3 is 0 Å². The Morgan fingerprint density at radius 2 is 1.85 bits per heavy atom. The van der Waals surface area contributed by atoms with Gasteiger partial charge in [-0.15, -0.1) is 0 Å². The van der Waals surface area contributed by atoms with E-state index < -0.39 is 0 Å². The highest BCUT2D eigenvalue weighted by atomic mass is 19.1. The molecular weight excluding hydrogens is 339 g/mol. The highest BCUT2D eigenvalue weighted by Gasteiger charge is 2.16. The van der Waals surface area contributed by atoms with Crippen molar-refractivity contribution >= 4 is 10.9 Å². The molecular formula is C22H21FN4. The van der Waals surface area contributed by atoms with Crippen LogP contribution in [-0.2, 0) is 6.54 Å². The van der Waals surface area contributed by atoms with Gasteiger partial charge in [0, 0.05) is 41.0 Å². The molecule has 0 spiro atoms. The van der Waals surface area contributed by atoms with E-state index in [1.807, 2.05) is 41.2 Å². The highest BCUT2D eigenvalue weighted by molar-refractivity contribution is 5.87. The van der Waals surface area contributed by atoms with Gasteiger partial charge in [0.15, 0.2) is 0 Å². The van der Waals surface area contributed by atoms with Crippen LogP contribution in [0.3, 0.4) is 0 Å². The third kappa shape index (κ3) is 3.72. The third-order valence-corrected chi connectivity index (χ3v) is 4.31. The van der Waals surface area contributed by atoms with Crippen molar-refractivity contribution in [3.8, 4) is 22.4 Å². The number of hydrogen-bond donors (Lipinski definition) is 0. The number of halogens is 1. The van der Waals surface area contributed by atoms with Crippen LogP contribution in [-0.4, -0.2) is 19.7 Å². The van der Waals surface area contributed by atoms with E-state index in [-0.39, 0.29) is 11.2 Å². The molecule has 1 aromatic carbocycles. The van der Waals surface area contributed by atoms with Gasteiger partial charge in [-0.1, -0.05) is 39.0 Å². The first-order valence-corrected chi connectivity index (χ1v) is 8.93. The summed E-state index contributed by atoms with van der Waals surface area (Å²) in [6, 6.07) is 11.4. The van der Waals surface area contributed by atoms with E-state index in [1.54, 1.807) is 12.4 Å². The fraction of sp³-hybridized carbons (Fsp3) is 0.227. The molecule has 27 heavy (non-hydrogen) atoms. The summed E-state index contributed by atoms with van der Waals surface area (Å²) < 4.78 is 15.9. The second-order valence-electron chi connectivity index (χ2n) is 7.95. The van der Waals surface area contributed by atoms with E-state index in [4.69, 9.17) is 0 Å². The number of benzene rings is 1. The minimum absolute atomic E-state index is 0.107. The van der Waals surface area contributed by atoms with Gasteiger partial charge in [0.25, 0.3) is 0 Å². The molecule has 136 valence electrons. The van der Waals surface area contributed by atoms with E-state index in [9.17, 15) is 4.39 Å². The van der Waals surface area contributed by atoms with Crippen LogP contribution in [0.5, 0.6) is 0 Å². The number of rotatable bonds is 3. The molecule has 3 heterocycles. The van der Waals surface area contributed by atoms with Crippen molar-refractivity contribution in [2.75, 3.05) is 0 Å². The fourth-order valence-electron chi connectivity index (χ4n) is 3.18. The standard InChI is InChI=1S/C22H21FN4/c1-22(2,3)14-27-13-17(11-26-27)19-10-18(23)12-25-21(19)16-7-6-15-5-4-8-24-20(15)9-16/h4-13H,14H2,1-3H3. The molecule has 0 bridgehead atoms. The molecule has 0 aliphatic rings. The summed E-state index contributed by atoms with van der Waals surface area (Å²) >= 11 is 0. The van der Waals surface area contributed by atoms with Crippen molar-refractivity contribution in [3.05, 3.63) is 67.0 Å². The van der Waals surface area contributed by atoms with Crippen molar-refractivity contribution in [3.63, 3.8) is 0 Å². The molecule has 4 rings (SSSR count). The Kier molecular flexibility index (Phi) is 4.22. The van der Waals surface area contributed by atoms with Crippen LogP contribution in [0.25, 0.3) is 33.3 Å². The van der Waals surface area contributed by atoms with Crippen LogP contribution in [0.15, 0.2) is 61.2 Å². The lowest BCUT2D eigenvalue weighted by atomic mass is 9.97. The molecule has 0 aliphatic carbocycles. The molecule has 5 heteroatoms. The summed E-state index contributed by atoms with van der Waals surface area (Å²) in [6.07, 6.45) is 6.73. The summed E-state index contributed by atoms with van der Waals surface area (Å²) in [7, 11) is 0. The van der Waals surface area contributed by atoms with Crippen LogP contribution >= 0.6 is 0 Å².